The number of hydrogen-bond donors (Lipinski definition) is 1. The van der Waals surface area contributed by atoms with Crippen LogP contribution in [0.3, 0.4) is 0 Å². The fourth-order valence-corrected chi connectivity index (χ4v) is 0.874. The second-order valence-electron chi connectivity index (χ2n) is 2.48. The number of aliphatic hydroxyl groups excluding tert-OH is 1. The summed E-state index contributed by atoms with van der Waals surface area (Å²) in [6, 6.07) is 0. The van der Waals surface area contributed by atoms with E-state index < -0.39 is 11.9 Å². The van der Waals surface area contributed by atoms with Gasteiger partial charge < -0.3 is 14.7 Å². The minimum atomic E-state index is -0.900. The fraction of sp³-hybridized carbons (Fsp3) is 0.556. The Balaban J connectivity index is 4.26. The lowest BCUT2D eigenvalue weighted by atomic mass is 10.4. The van der Waals surface area contributed by atoms with E-state index in [1.807, 2.05) is 0 Å². The van der Waals surface area contributed by atoms with Gasteiger partial charge in [0.2, 0.25) is 0 Å². The minimum Gasteiger partial charge on any atom is -0.459 e. The van der Waals surface area contributed by atoms with Crippen molar-refractivity contribution in [1.29, 1.82) is 0 Å². The zero-order valence-electron chi connectivity index (χ0n) is 8.23. The summed E-state index contributed by atoms with van der Waals surface area (Å²) in [6.07, 6.45) is 1.48. The van der Waals surface area contributed by atoms with E-state index in [9.17, 15) is 9.59 Å². The molecule has 0 aliphatic carbocycles. The molecule has 0 aliphatic heterocycles. The molecule has 0 saturated carbocycles. The van der Waals surface area contributed by atoms with Crippen molar-refractivity contribution in [3.05, 3.63) is 12.7 Å². The summed E-state index contributed by atoms with van der Waals surface area (Å²) in [4.78, 5) is 23.5. The van der Waals surface area contributed by atoms with Crippen LogP contribution in [0.25, 0.3) is 0 Å². The van der Waals surface area contributed by atoms with E-state index in [0.717, 1.165) is 0 Å². The van der Waals surface area contributed by atoms with Gasteiger partial charge >= 0.3 is 11.9 Å². The normalized spacial score (nSPS) is 9.29. The number of esters is 1. The summed E-state index contributed by atoms with van der Waals surface area (Å²) < 4.78 is 4.53. The monoisotopic (exact) mass is 201 g/mol. The van der Waals surface area contributed by atoms with Gasteiger partial charge in [0.25, 0.3) is 0 Å². The summed E-state index contributed by atoms with van der Waals surface area (Å²) >= 11 is 0. The Bertz CT molecular complexity index is 215. The van der Waals surface area contributed by atoms with Crippen LogP contribution in [-0.2, 0) is 14.3 Å². The van der Waals surface area contributed by atoms with Gasteiger partial charge in [0.1, 0.15) is 0 Å². The molecular weight excluding hydrogens is 186 g/mol. The first-order chi connectivity index (χ1) is 6.67. The fourth-order valence-electron chi connectivity index (χ4n) is 0.874. The highest BCUT2D eigenvalue weighted by Gasteiger charge is 2.21. The average Bonchev–Trinajstić information content (AvgIpc) is 2.17. The highest BCUT2D eigenvalue weighted by molar-refractivity contribution is 6.32. The maximum atomic E-state index is 11.3. The van der Waals surface area contributed by atoms with Crippen molar-refractivity contribution >= 4 is 11.9 Å². The van der Waals surface area contributed by atoms with Crippen molar-refractivity contribution in [3.63, 3.8) is 0 Å². The number of carbonyl (C=O) groups excluding carboxylic acids is 2. The third-order valence-corrected chi connectivity index (χ3v) is 1.46. The van der Waals surface area contributed by atoms with Gasteiger partial charge in [0, 0.05) is 13.1 Å². The Morgan fingerprint density at radius 3 is 2.64 bits per heavy atom. The molecule has 0 fully saturated rings. The molecule has 0 atom stereocenters. The lowest BCUT2D eigenvalue weighted by molar-refractivity contribution is -0.159. The van der Waals surface area contributed by atoms with E-state index in [1.54, 1.807) is 6.92 Å². The molecule has 0 spiro atoms. The Labute approximate surface area is 83.0 Å². The molecular formula is C9H15NO4. The van der Waals surface area contributed by atoms with Crippen LogP contribution in [0.5, 0.6) is 0 Å². The smallest absolute Gasteiger partial charge is 0.397 e. The molecule has 0 radical (unpaired) electrons. The van der Waals surface area contributed by atoms with Gasteiger partial charge in [-0.15, -0.1) is 6.58 Å². The third kappa shape index (κ3) is 4.04. The Kier molecular flexibility index (Phi) is 6.39. The number of carbonyl (C=O) groups is 2. The maximum Gasteiger partial charge on any atom is 0.397 e. The summed E-state index contributed by atoms with van der Waals surface area (Å²) in [6.45, 7) is 5.35. The zero-order chi connectivity index (χ0) is 11.0. The van der Waals surface area contributed by atoms with E-state index in [-0.39, 0.29) is 26.3 Å². The molecule has 14 heavy (non-hydrogen) atoms. The first-order valence-corrected chi connectivity index (χ1v) is 4.35. The van der Waals surface area contributed by atoms with Gasteiger partial charge in [-0.3, -0.25) is 4.79 Å². The standard InChI is InChI=1S/C9H15NO4/c1-3-5-10(6-7-11)8(12)9(13)14-4-2/h3,11H,1,4-7H2,2H3. The van der Waals surface area contributed by atoms with Crippen LogP contribution in [0.1, 0.15) is 6.92 Å². The predicted molar refractivity (Wildman–Crippen MR) is 50.5 cm³/mol. The zero-order valence-corrected chi connectivity index (χ0v) is 8.23. The third-order valence-electron chi connectivity index (χ3n) is 1.46. The summed E-state index contributed by atoms with van der Waals surface area (Å²) in [5.41, 5.74) is 0. The van der Waals surface area contributed by atoms with Crippen LogP contribution >= 0.6 is 0 Å². The number of rotatable bonds is 5. The van der Waals surface area contributed by atoms with E-state index in [4.69, 9.17) is 5.11 Å². The summed E-state index contributed by atoms with van der Waals surface area (Å²) in [5, 5.41) is 8.64. The number of nitrogens with zero attached hydrogens (tertiary/aromatic N) is 1. The van der Waals surface area contributed by atoms with Crippen LogP contribution in [-0.4, -0.2) is 48.2 Å². The molecule has 0 unspecified atom stereocenters. The summed E-state index contributed by atoms with van der Waals surface area (Å²) in [7, 11) is 0. The molecule has 5 nitrogen and oxygen atoms in total. The van der Waals surface area contributed by atoms with Crippen molar-refractivity contribution in [2.24, 2.45) is 0 Å². The van der Waals surface area contributed by atoms with Crippen LogP contribution in [0.4, 0.5) is 0 Å². The van der Waals surface area contributed by atoms with E-state index in [0.29, 0.717) is 0 Å². The molecule has 0 aromatic heterocycles. The van der Waals surface area contributed by atoms with Gasteiger partial charge in [-0.05, 0) is 6.92 Å². The molecule has 80 valence electrons. The van der Waals surface area contributed by atoms with Gasteiger partial charge in [-0.25, -0.2) is 4.79 Å². The lowest BCUT2D eigenvalue weighted by Gasteiger charge is -2.18. The molecule has 0 heterocycles. The van der Waals surface area contributed by atoms with Gasteiger partial charge in [0.15, 0.2) is 0 Å². The van der Waals surface area contributed by atoms with Crippen LogP contribution < -0.4 is 0 Å². The molecule has 0 bridgehead atoms. The topological polar surface area (TPSA) is 66.8 Å². The van der Waals surface area contributed by atoms with Gasteiger partial charge in [-0.1, -0.05) is 6.08 Å². The lowest BCUT2D eigenvalue weighted by Crippen LogP contribution is -2.39. The number of amides is 1. The number of ether oxygens (including phenoxy) is 1. The average molecular weight is 201 g/mol. The molecule has 0 rings (SSSR count). The molecule has 0 aromatic rings. The van der Waals surface area contributed by atoms with Crippen molar-refractivity contribution in [2.45, 2.75) is 6.92 Å². The van der Waals surface area contributed by atoms with E-state index in [1.165, 1.54) is 11.0 Å². The van der Waals surface area contributed by atoms with Crippen molar-refractivity contribution < 1.29 is 19.4 Å². The molecule has 0 saturated heterocycles. The molecule has 0 aliphatic rings. The molecule has 1 amide bonds. The van der Waals surface area contributed by atoms with Crippen molar-refractivity contribution in [2.75, 3.05) is 26.3 Å². The first kappa shape index (κ1) is 12.6. The second-order valence-corrected chi connectivity index (χ2v) is 2.48. The highest BCUT2D eigenvalue weighted by Crippen LogP contribution is 1.93. The van der Waals surface area contributed by atoms with Crippen LogP contribution in [0.15, 0.2) is 12.7 Å². The molecule has 1 N–H and O–H groups in total. The van der Waals surface area contributed by atoms with Crippen molar-refractivity contribution in [3.8, 4) is 0 Å². The van der Waals surface area contributed by atoms with E-state index >= 15 is 0 Å². The molecule has 0 aromatic carbocycles. The minimum absolute atomic E-state index is 0.101. The van der Waals surface area contributed by atoms with Gasteiger partial charge in [0.05, 0.1) is 13.2 Å². The largest absolute Gasteiger partial charge is 0.459 e. The Hall–Kier alpha value is -1.36. The predicted octanol–water partition coefficient (Wildman–Crippen LogP) is -0.444. The SMILES string of the molecule is C=CCN(CCO)C(=O)C(=O)OCC. The number of aliphatic hydroxyl groups is 1. The van der Waals surface area contributed by atoms with Gasteiger partial charge in [-0.2, -0.15) is 0 Å². The van der Waals surface area contributed by atoms with Crippen molar-refractivity contribution in [1.82, 2.24) is 4.90 Å². The van der Waals surface area contributed by atoms with Crippen LogP contribution in [0, 0.1) is 0 Å². The summed E-state index contributed by atoms with van der Waals surface area (Å²) in [5.74, 6) is -1.65. The Morgan fingerprint density at radius 1 is 1.57 bits per heavy atom. The van der Waals surface area contributed by atoms with Crippen LogP contribution in [0.2, 0.25) is 0 Å². The quantitative estimate of drug-likeness (QED) is 0.372. The first-order valence-electron chi connectivity index (χ1n) is 4.35. The number of hydrogen-bond acceptors (Lipinski definition) is 4. The van der Waals surface area contributed by atoms with E-state index in [2.05, 4.69) is 11.3 Å². The molecule has 5 heteroatoms. The Morgan fingerprint density at radius 2 is 2.21 bits per heavy atom. The second kappa shape index (κ2) is 7.08. The highest BCUT2D eigenvalue weighted by atomic mass is 16.5. The maximum absolute atomic E-state index is 11.3.